The van der Waals surface area contributed by atoms with Gasteiger partial charge in [-0.2, -0.15) is 0 Å². The highest BCUT2D eigenvalue weighted by Crippen LogP contribution is 2.19. The molecule has 8 heteroatoms. The van der Waals surface area contributed by atoms with Gasteiger partial charge in [0.2, 0.25) is 0 Å². The molecular formula is C27H34N4O3S. The van der Waals surface area contributed by atoms with Crippen LogP contribution in [0.3, 0.4) is 0 Å². The van der Waals surface area contributed by atoms with E-state index in [-0.39, 0.29) is 24.0 Å². The predicted molar refractivity (Wildman–Crippen MR) is 138 cm³/mol. The maximum atomic E-state index is 13.3. The molecule has 0 N–H and O–H groups in total. The molecule has 2 atom stereocenters. The van der Waals surface area contributed by atoms with Gasteiger partial charge in [0.15, 0.2) is 0 Å². The zero-order valence-corrected chi connectivity index (χ0v) is 21.8. The first-order valence-electron chi connectivity index (χ1n) is 12.2. The van der Waals surface area contributed by atoms with Gasteiger partial charge in [0.1, 0.15) is 10.7 Å². The highest BCUT2D eigenvalue weighted by molar-refractivity contribution is 7.09. The fourth-order valence-electron chi connectivity index (χ4n) is 4.58. The summed E-state index contributed by atoms with van der Waals surface area (Å²) in [5.41, 5.74) is 3.26. The van der Waals surface area contributed by atoms with Crippen LogP contribution in [0.15, 0.2) is 48.0 Å². The first kappa shape index (κ1) is 25.1. The van der Waals surface area contributed by atoms with E-state index < -0.39 is 0 Å². The van der Waals surface area contributed by atoms with E-state index in [0.717, 1.165) is 28.2 Å². The summed E-state index contributed by atoms with van der Waals surface area (Å²) < 4.78 is 7.86. The molecule has 3 aromatic rings. The minimum atomic E-state index is -0.0415. The van der Waals surface area contributed by atoms with Crippen LogP contribution in [-0.2, 0) is 17.8 Å². The molecule has 0 radical (unpaired) electrons. The van der Waals surface area contributed by atoms with E-state index in [2.05, 4.69) is 16.5 Å². The van der Waals surface area contributed by atoms with Crippen LogP contribution in [0.2, 0.25) is 0 Å². The standard InChI is InChI=1S/C27H34N4O3S/c1-5-12-30(26(32)23-11-7-6-9-19(23)2)16-22-10-8-13-29(22)17-25-28-24(18-35-25)27(33)31-14-20(3)34-21(4)15-31/h6-11,13,18,20-21H,5,12,14-17H2,1-4H3. The number of benzene rings is 1. The smallest absolute Gasteiger partial charge is 0.273 e. The lowest BCUT2D eigenvalue weighted by atomic mass is 10.1. The summed E-state index contributed by atoms with van der Waals surface area (Å²) in [6.07, 6.45) is 2.94. The molecule has 0 bridgehead atoms. The van der Waals surface area contributed by atoms with Crippen LogP contribution in [0.25, 0.3) is 0 Å². The van der Waals surface area contributed by atoms with E-state index in [1.807, 2.05) is 78.5 Å². The van der Waals surface area contributed by atoms with E-state index in [0.29, 0.717) is 38.4 Å². The van der Waals surface area contributed by atoms with Crippen LogP contribution in [0.4, 0.5) is 0 Å². The number of hydrogen-bond donors (Lipinski definition) is 0. The SMILES string of the molecule is CCCN(Cc1cccn1Cc1nc(C(=O)N2CC(C)OC(C)C2)cs1)C(=O)c1ccccc1C. The predicted octanol–water partition coefficient (Wildman–Crippen LogP) is 4.60. The molecule has 1 aliphatic heterocycles. The molecule has 35 heavy (non-hydrogen) atoms. The van der Waals surface area contributed by atoms with Crippen molar-refractivity contribution in [3.8, 4) is 0 Å². The maximum absolute atomic E-state index is 13.3. The van der Waals surface area contributed by atoms with Gasteiger partial charge in [-0.25, -0.2) is 4.98 Å². The molecule has 1 saturated heterocycles. The Morgan fingerprint density at radius 3 is 2.60 bits per heavy atom. The highest BCUT2D eigenvalue weighted by Gasteiger charge is 2.28. The Kier molecular flexibility index (Phi) is 8.03. The Hall–Kier alpha value is -2.97. The number of aromatic nitrogens is 2. The number of aryl methyl sites for hydroxylation is 1. The summed E-state index contributed by atoms with van der Waals surface area (Å²) in [5, 5.41) is 2.71. The van der Waals surface area contributed by atoms with E-state index in [1.165, 1.54) is 11.3 Å². The maximum Gasteiger partial charge on any atom is 0.273 e. The van der Waals surface area contributed by atoms with Gasteiger partial charge >= 0.3 is 0 Å². The second-order valence-corrected chi connectivity index (χ2v) is 10.2. The Bertz CT molecular complexity index is 1160. The number of thiazole rings is 1. The van der Waals surface area contributed by atoms with Crippen LogP contribution in [0.5, 0.6) is 0 Å². The van der Waals surface area contributed by atoms with Crippen molar-refractivity contribution in [1.82, 2.24) is 19.4 Å². The van der Waals surface area contributed by atoms with Gasteiger partial charge in [0.25, 0.3) is 11.8 Å². The van der Waals surface area contributed by atoms with Gasteiger partial charge in [-0.05, 0) is 51.0 Å². The lowest BCUT2D eigenvalue weighted by molar-refractivity contribution is -0.0587. The number of rotatable bonds is 8. The molecule has 1 aliphatic rings. The third kappa shape index (κ3) is 6.00. The summed E-state index contributed by atoms with van der Waals surface area (Å²) in [5.74, 6) is 0.00831. The topological polar surface area (TPSA) is 67.7 Å². The molecule has 7 nitrogen and oxygen atoms in total. The lowest BCUT2D eigenvalue weighted by Crippen LogP contribution is -2.48. The number of amides is 2. The zero-order chi connectivity index (χ0) is 24.9. The van der Waals surface area contributed by atoms with E-state index in [9.17, 15) is 9.59 Å². The van der Waals surface area contributed by atoms with Crippen molar-refractivity contribution < 1.29 is 14.3 Å². The molecule has 2 unspecified atom stereocenters. The average Bonchev–Trinajstić information content (AvgIpc) is 3.47. The molecule has 3 heterocycles. The number of nitrogens with zero attached hydrogens (tertiary/aromatic N) is 4. The summed E-state index contributed by atoms with van der Waals surface area (Å²) in [6.45, 7) is 11.0. The van der Waals surface area contributed by atoms with Crippen molar-refractivity contribution in [1.29, 1.82) is 0 Å². The monoisotopic (exact) mass is 494 g/mol. The molecule has 4 rings (SSSR count). The summed E-state index contributed by atoms with van der Waals surface area (Å²) in [4.78, 5) is 34.7. The Morgan fingerprint density at radius 2 is 1.89 bits per heavy atom. The summed E-state index contributed by atoms with van der Waals surface area (Å²) >= 11 is 1.49. The van der Waals surface area contributed by atoms with Crippen LogP contribution >= 0.6 is 11.3 Å². The number of ether oxygens (including phenoxy) is 1. The fourth-order valence-corrected chi connectivity index (χ4v) is 5.35. The van der Waals surface area contributed by atoms with Crippen molar-refractivity contribution in [3.05, 3.63) is 75.5 Å². The average molecular weight is 495 g/mol. The van der Waals surface area contributed by atoms with E-state index >= 15 is 0 Å². The van der Waals surface area contributed by atoms with Gasteiger partial charge in [0.05, 0.1) is 25.3 Å². The number of carbonyl (C=O) groups is 2. The first-order chi connectivity index (χ1) is 16.9. The van der Waals surface area contributed by atoms with Gasteiger partial charge in [-0.15, -0.1) is 11.3 Å². The normalized spacial score (nSPS) is 18.0. The van der Waals surface area contributed by atoms with Gasteiger partial charge in [-0.3, -0.25) is 9.59 Å². The van der Waals surface area contributed by atoms with Crippen molar-refractivity contribution in [2.24, 2.45) is 0 Å². The van der Waals surface area contributed by atoms with Crippen molar-refractivity contribution in [2.45, 2.75) is 59.4 Å². The lowest BCUT2D eigenvalue weighted by Gasteiger charge is -2.34. The Morgan fingerprint density at radius 1 is 1.14 bits per heavy atom. The first-order valence-corrected chi connectivity index (χ1v) is 13.1. The molecule has 1 fully saturated rings. The molecule has 186 valence electrons. The second-order valence-electron chi connectivity index (χ2n) is 9.26. The largest absolute Gasteiger partial charge is 0.372 e. The highest BCUT2D eigenvalue weighted by atomic mass is 32.1. The van der Waals surface area contributed by atoms with E-state index in [4.69, 9.17) is 4.74 Å². The zero-order valence-electron chi connectivity index (χ0n) is 20.9. The van der Waals surface area contributed by atoms with Crippen LogP contribution in [0.1, 0.15) is 64.3 Å². The van der Waals surface area contributed by atoms with Crippen LogP contribution in [-0.4, -0.2) is 63.0 Å². The minimum absolute atomic E-state index is 0.0247. The van der Waals surface area contributed by atoms with Gasteiger partial charge < -0.3 is 19.1 Å². The number of hydrogen-bond acceptors (Lipinski definition) is 5. The molecule has 0 aliphatic carbocycles. The second kappa shape index (κ2) is 11.2. The quantitative estimate of drug-likeness (QED) is 0.459. The summed E-state index contributed by atoms with van der Waals surface area (Å²) in [7, 11) is 0. The molecule has 0 spiro atoms. The van der Waals surface area contributed by atoms with Crippen molar-refractivity contribution in [3.63, 3.8) is 0 Å². The number of morpholine rings is 1. The molecule has 1 aromatic carbocycles. The third-order valence-electron chi connectivity index (χ3n) is 6.22. The number of carbonyl (C=O) groups excluding carboxylic acids is 2. The Balaban J connectivity index is 1.46. The van der Waals surface area contributed by atoms with E-state index in [1.54, 1.807) is 0 Å². The molecular weight excluding hydrogens is 460 g/mol. The fraction of sp³-hybridized carbons (Fsp3) is 0.444. The van der Waals surface area contributed by atoms with Crippen LogP contribution in [0, 0.1) is 6.92 Å². The van der Waals surface area contributed by atoms with Crippen LogP contribution < -0.4 is 0 Å². The van der Waals surface area contributed by atoms with Gasteiger partial charge in [-0.1, -0.05) is 25.1 Å². The van der Waals surface area contributed by atoms with Crippen molar-refractivity contribution >= 4 is 23.2 Å². The van der Waals surface area contributed by atoms with Crippen molar-refractivity contribution in [2.75, 3.05) is 19.6 Å². The summed E-state index contributed by atoms with van der Waals surface area (Å²) in [6, 6.07) is 11.8. The molecule has 0 saturated carbocycles. The minimum Gasteiger partial charge on any atom is -0.372 e. The third-order valence-corrected chi connectivity index (χ3v) is 7.05. The molecule has 2 aromatic heterocycles. The Labute approximate surface area is 211 Å². The van der Waals surface area contributed by atoms with Gasteiger partial charge in [0, 0.05) is 42.5 Å². The molecule has 2 amide bonds.